The van der Waals surface area contributed by atoms with Crippen LogP contribution in [0.3, 0.4) is 0 Å². The third-order valence-electron chi connectivity index (χ3n) is 3.74. The summed E-state index contributed by atoms with van der Waals surface area (Å²) in [4.78, 5) is 22.8. The highest BCUT2D eigenvalue weighted by molar-refractivity contribution is 14.1. The van der Waals surface area contributed by atoms with Gasteiger partial charge in [-0.25, -0.2) is 4.79 Å². The molecule has 0 heterocycles. The number of carboxylic acid groups (broad SMARTS) is 1. The molecule has 1 aromatic rings. The van der Waals surface area contributed by atoms with Gasteiger partial charge < -0.3 is 15.7 Å². The Bertz CT molecular complexity index is 561. The number of benzene rings is 1. The van der Waals surface area contributed by atoms with E-state index in [1.54, 1.807) is 12.1 Å². The van der Waals surface area contributed by atoms with E-state index < -0.39 is 5.97 Å². The van der Waals surface area contributed by atoms with Gasteiger partial charge in [-0.15, -0.1) is 0 Å². The summed E-state index contributed by atoms with van der Waals surface area (Å²) >= 11 is 8.18. The van der Waals surface area contributed by atoms with Crippen molar-refractivity contribution in [3.05, 3.63) is 26.8 Å². The number of urea groups is 1. The fourth-order valence-electron chi connectivity index (χ4n) is 2.44. The number of nitrogens with one attached hydrogen (secondary N) is 2. The lowest BCUT2D eigenvalue weighted by Crippen LogP contribution is -2.44. The van der Waals surface area contributed by atoms with E-state index >= 15 is 0 Å². The highest BCUT2D eigenvalue weighted by Crippen LogP contribution is 2.43. The molecule has 0 saturated heterocycles. The molecule has 0 aliphatic heterocycles. The Morgan fingerprint density at radius 2 is 2.10 bits per heavy atom. The monoisotopic (exact) mass is 422 g/mol. The van der Waals surface area contributed by atoms with E-state index in [4.69, 9.17) is 16.7 Å². The van der Waals surface area contributed by atoms with Crippen LogP contribution in [0.4, 0.5) is 10.5 Å². The molecule has 2 amide bonds. The number of aliphatic carboxylic acids is 1. The van der Waals surface area contributed by atoms with Crippen molar-refractivity contribution in [3.63, 3.8) is 0 Å². The summed E-state index contributed by atoms with van der Waals surface area (Å²) in [6.45, 7) is 0.368. The van der Waals surface area contributed by atoms with Crippen LogP contribution < -0.4 is 10.6 Å². The van der Waals surface area contributed by atoms with E-state index in [-0.39, 0.29) is 17.9 Å². The summed E-state index contributed by atoms with van der Waals surface area (Å²) in [5.74, 6) is -0.822. The van der Waals surface area contributed by atoms with Gasteiger partial charge in [-0.3, -0.25) is 4.79 Å². The first-order chi connectivity index (χ1) is 9.90. The zero-order chi connectivity index (χ0) is 15.5. The van der Waals surface area contributed by atoms with Crippen LogP contribution in [0.2, 0.25) is 5.02 Å². The lowest BCUT2D eigenvalue weighted by Gasteiger charge is -2.40. The first-order valence-electron chi connectivity index (χ1n) is 6.62. The minimum absolute atomic E-state index is 0.0948. The minimum Gasteiger partial charge on any atom is -0.481 e. The molecular weight excluding hydrogens is 407 g/mol. The Balaban J connectivity index is 1.88. The zero-order valence-electron chi connectivity index (χ0n) is 11.3. The van der Waals surface area contributed by atoms with Gasteiger partial charge in [-0.05, 0) is 59.0 Å². The van der Waals surface area contributed by atoms with Gasteiger partial charge in [0.2, 0.25) is 0 Å². The van der Waals surface area contributed by atoms with Gasteiger partial charge in [0, 0.05) is 10.1 Å². The number of rotatable bonds is 5. The number of hydrogen-bond acceptors (Lipinski definition) is 2. The lowest BCUT2D eigenvalue weighted by molar-refractivity contribution is -0.141. The number of anilines is 1. The molecule has 1 aromatic carbocycles. The Labute approximate surface area is 141 Å². The number of amides is 2. The van der Waals surface area contributed by atoms with Crippen LogP contribution in [0.15, 0.2) is 18.2 Å². The third kappa shape index (κ3) is 4.47. The van der Waals surface area contributed by atoms with Crippen molar-refractivity contribution in [3.8, 4) is 0 Å². The molecule has 0 spiro atoms. The quantitative estimate of drug-likeness (QED) is 0.633. The average Bonchev–Trinajstić information content (AvgIpc) is 2.35. The van der Waals surface area contributed by atoms with Crippen LogP contribution in [0.5, 0.6) is 0 Å². The summed E-state index contributed by atoms with van der Waals surface area (Å²) in [5.41, 5.74) is 0.245. The van der Waals surface area contributed by atoms with Crippen molar-refractivity contribution >= 4 is 51.9 Å². The van der Waals surface area contributed by atoms with Gasteiger partial charge in [0.05, 0.1) is 17.1 Å². The molecule has 0 unspecified atom stereocenters. The van der Waals surface area contributed by atoms with Gasteiger partial charge in [-0.1, -0.05) is 18.0 Å². The molecule has 21 heavy (non-hydrogen) atoms. The molecule has 0 aromatic heterocycles. The van der Waals surface area contributed by atoms with Gasteiger partial charge in [0.25, 0.3) is 0 Å². The van der Waals surface area contributed by atoms with Crippen LogP contribution in [0, 0.1) is 8.99 Å². The molecular formula is C14H16ClIN2O3. The van der Waals surface area contributed by atoms with Crippen LogP contribution in [-0.4, -0.2) is 23.7 Å². The Hall–Kier alpha value is -1.02. The molecule has 0 atom stereocenters. The predicted molar refractivity (Wildman–Crippen MR) is 89.7 cm³/mol. The highest BCUT2D eigenvalue weighted by Gasteiger charge is 2.39. The smallest absolute Gasteiger partial charge is 0.319 e. The third-order valence-corrected chi connectivity index (χ3v) is 4.73. The van der Waals surface area contributed by atoms with E-state index in [2.05, 4.69) is 33.2 Å². The molecule has 1 aliphatic carbocycles. The molecule has 0 bridgehead atoms. The molecule has 5 nitrogen and oxygen atoms in total. The summed E-state index contributed by atoms with van der Waals surface area (Å²) < 4.78 is 0.985. The molecule has 1 fully saturated rings. The Morgan fingerprint density at radius 3 is 2.62 bits per heavy atom. The van der Waals surface area contributed by atoms with Gasteiger partial charge in [0.15, 0.2) is 0 Å². The second-order valence-corrected chi connectivity index (χ2v) is 7.01. The summed E-state index contributed by atoms with van der Waals surface area (Å²) in [6.07, 6.45) is 2.78. The molecule has 7 heteroatoms. The number of carboxylic acids is 1. The van der Waals surface area contributed by atoms with Crippen molar-refractivity contribution < 1.29 is 14.7 Å². The van der Waals surface area contributed by atoms with Gasteiger partial charge >= 0.3 is 12.0 Å². The summed E-state index contributed by atoms with van der Waals surface area (Å²) in [5, 5.41) is 14.8. The van der Waals surface area contributed by atoms with Crippen molar-refractivity contribution in [2.24, 2.45) is 5.41 Å². The molecule has 2 rings (SSSR count). The number of halogens is 2. The van der Waals surface area contributed by atoms with Crippen LogP contribution >= 0.6 is 34.2 Å². The molecule has 1 saturated carbocycles. The van der Waals surface area contributed by atoms with Crippen molar-refractivity contribution in [2.75, 3.05) is 11.9 Å². The van der Waals surface area contributed by atoms with E-state index in [9.17, 15) is 9.59 Å². The maximum Gasteiger partial charge on any atom is 0.319 e. The predicted octanol–water partition coefficient (Wildman–Crippen LogP) is 3.71. The van der Waals surface area contributed by atoms with E-state index in [0.717, 1.165) is 22.8 Å². The zero-order valence-corrected chi connectivity index (χ0v) is 14.2. The van der Waals surface area contributed by atoms with Gasteiger partial charge in [-0.2, -0.15) is 0 Å². The molecule has 3 N–H and O–H groups in total. The average molecular weight is 423 g/mol. The normalized spacial score (nSPS) is 15.9. The highest BCUT2D eigenvalue weighted by atomic mass is 127. The summed E-state index contributed by atoms with van der Waals surface area (Å²) in [6, 6.07) is 4.98. The second-order valence-electron chi connectivity index (χ2n) is 5.36. The number of hydrogen-bond donors (Lipinski definition) is 3. The number of carbonyl (C=O) groups is 2. The molecule has 114 valence electrons. The first kappa shape index (κ1) is 16.4. The molecule has 1 aliphatic rings. The molecule has 0 radical (unpaired) electrons. The largest absolute Gasteiger partial charge is 0.481 e. The second kappa shape index (κ2) is 6.83. The lowest BCUT2D eigenvalue weighted by atomic mass is 9.66. The Morgan fingerprint density at radius 1 is 1.38 bits per heavy atom. The first-order valence-corrected chi connectivity index (χ1v) is 8.08. The minimum atomic E-state index is -0.822. The van der Waals surface area contributed by atoms with Crippen LogP contribution in [0.25, 0.3) is 0 Å². The van der Waals surface area contributed by atoms with Crippen LogP contribution in [-0.2, 0) is 4.79 Å². The van der Waals surface area contributed by atoms with E-state index in [1.807, 2.05) is 6.07 Å². The fourth-order valence-corrected chi connectivity index (χ4v) is 3.34. The maximum absolute atomic E-state index is 11.9. The fraction of sp³-hybridized carbons (Fsp3) is 0.429. The van der Waals surface area contributed by atoms with Crippen molar-refractivity contribution in [2.45, 2.75) is 25.7 Å². The topological polar surface area (TPSA) is 78.4 Å². The van der Waals surface area contributed by atoms with E-state index in [0.29, 0.717) is 17.3 Å². The maximum atomic E-state index is 11.9. The van der Waals surface area contributed by atoms with Crippen molar-refractivity contribution in [1.29, 1.82) is 0 Å². The van der Waals surface area contributed by atoms with Crippen LogP contribution in [0.1, 0.15) is 25.7 Å². The van der Waals surface area contributed by atoms with E-state index in [1.165, 1.54) is 0 Å². The summed E-state index contributed by atoms with van der Waals surface area (Å²) in [7, 11) is 0. The SMILES string of the molecule is O=C(O)CC1(CNC(=O)Nc2ccc(I)cc2Cl)CCC1. The Kier molecular flexibility index (Phi) is 5.32. The van der Waals surface area contributed by atoms with Crippen molar-refractivity contribution in [1.82, 2.24) is 5.32 Å². The standard InChI is InChI=1S/C14H16ClIN2O3/c15-10-6-9(16)2-3-11(10)18-13(21)17-8-14(4-1-5-14)7-12(19)20/h2-3,6H,1,4-5,7-8H2,(H,19,20)(H2,17,18,21). The number of carbonyl (C=O) groups excluding carboxylic acids is 1. The van der Waals surface area contributed by atoms with Gasteiger partial charge in [0.1, 0.15) is 0 Å².